The van der Waals surface area contributed by atoms with Gasteiger partial charge in [-0.05, 0) is 67.7 Å². The van der Waals surface area contributed by atoms with Crippen LogP contribution in [0, 0.1) is 17.6 Å². The van der Waals surface area contributed by atoms with Crippen LogP contribution in [-0.4, -0.2) is 71.2 Å². The van der Waals surface area contributed by atoms with Gasteiger partial charge in [-0.15, -0.1) is 0 Å². The number of halogens is 2. The normalized spacial score (nSPS) is 14.4. The second-order valence-electron chi connectivity index (χ2n) is 10.7. The van der Waals surface area contributed by atoms with Gasteiger partial charge in [0, 0.05) is 32.7 Å². The molecule has 0 saturated carbocycles. The van der Waals surface area contributed by atoms with Gasteiger partial charge >= 0.3 is 0 Å². The van der Waals surface area contributed by atoms with Crippen molar-refractivity contribution in [3.8, 4) is 0 Å². The Bertz CT molecular complexity index is 1240. The van der Waals surface area contributed by atoms with Gasteiger partial charge in [-0.1, -0.05) is 26.8 Å². The topological polar surface area (TPSA) is 62.6 Å². The van der Waals surface area contributed by atoms with Gasteiger partial charge in [0.25, 0.3) is 5.91 Å². The molecule has 212 valence electrons. The van der Waals surface area contributed by atoms with Crippen LogP contribution in [0.4, 0.5) is 8.78 Å². The molecule has 1 aliphatic heterocycles. The van der Waals surface area contributed by atoms with E-state index in [2.05, 4.69) is 39.9 Å². The number of amides is 1. The first kappa shape index (κ1) is 29.1. The van der Waals surface area contributed by atoms with Crippen LogP contribution in [0.5, 0.6) is 0 Å². The predicted octanol–water partition coefficient (Wildman–Crippen LogP) is 4.83. The molecule has 0 bridgehead atoms. The van der Waals surface area contributed by atoms with Crippen LogP contribution in [0.1, 0.15) is 55.4 Å². The molecule has 0 unspecified atom stereocenters. The summed E-state index contributed by atoms with van der Waals surface area (Å²) in [6.07, 6.45) is 1.99. The molecule has 2 aromatic carbocycles. The van der Waals surface area contributed by atoms with Gasteiger partial charge in [0.2, 0.25) is 0 Å². The highest BCUT2D eigenvalue weighted by molar-refractivity contribution is 5.94. The average Bonchev–Trinajstić information content (AvgIpc) is 3.25. The molecule has 0 aliphatic carbocycles. The number of nitrogens with zero attached hydrogens (tertiary/aromatic N) is 4. The summed E-state index contributed by atoms with van der Waals surface area (Å²) >= 11 is 0. The van der Waals surface area contributed by atoms with Crippen LogP contribution in [0.15, 0.2) is 36.4 Å². The largest absolute Gasteiger partial charge is 0.379 e. The molecule has 1 fully saturated rings. The molecule has 1 N–H and O–H groups in total. The van der Waals surface area contributed by atoms with Gasteiger partial charge in [-0.25, -0.2) is 13.8 Å². The fourth-order valence-electron chi connectivity index (χ4n) is 5.08. The lowest BCUT2D eigenvalue weighted by atomic mass is 10.1. The van der Waals surface area contributed by atoms with E-state index in [0.29, 0.717) is 6.54 Å². The van der Waals surface area contributed by atoms with Crippen molar-refractivity contribution in [1.29, 1.82) is 0 Å². The van der Waals surface area contributed by atoms with Crippen molar-refractivity contribution in [2.24, 2.45) is 5.92 Å². The van der Waals surface area contributed by atoms with Gasteiger partial charge in [-0.2, -0.15) is 0 Å². The first-order valence-corrected chi connectivity index (χ1v) is 14.1. The molecule has 7 nitrogen and oxygen atoms in total. The number of benzene rings is 2. The molecule has 39 heavy (non-hydrogen) atoms. The van der Waals surface area contributed by atoms with E-state index in [9.17, 15) is 13.6 Å². The molecule has 2 heterocycles. The Balaban J connectivity index is 1.47. The van der Waals surface area contributed by atoms with Gasteiger partial charge < -0.3 is 19.5 Å². The van der Waals surface area contributed by atoms with Crippen LogP contribution in [0.25, 0.3) is 11.0 Å². The first-order valence-electron chi connectivity index (χ1n) is 14.1. The molecule has 1 aromatic heterocycles. The van der Waals surface area contributed by atoms with E-state index in [1.54, 1.807) is 4.90 Å². The van der Waals surface area contributed by atoms with E-state index in [1.165, 1.54) is 0 Å². The number of rotatable bonds is 13. The van der Waals surface area contributed by atoms with Gasteiger partial charge in [0.15, 0.2) is 0 Å². The zero-order valence-electron chi connectivity index (χ0n) is 23.4. The number of carbonyl (C=O) groups excluding carboxylic acids is 1. The molecule has 0 spiro atoms. The summed E-state index contributed by atoms with van der Waals surface area (Å²) in [5.74, 6) is -0.995. The lowest BCUT2D eigenvalue weighted by Crippen LogP contribution is -2.37. The van der Waals surface area contributed by atoms with Gasteiger partial charge in [-0.3, -0.25) is 9.69 Å². The smallest absolute Gasteiger partial charge is 0.257 e. The minimum atomic E-state index is -0.723. The highest BCUT2D eigenvalue weighted by atomic mass is 19.1. The van der Waals surface area contributed by atoms with E-state index in [4.69, 9.17) is 9.72 Å². The Hall–Kier alpha value is -2.88. The zero-order chi connectivity index (χ0) is 27.8. The first-order chi connectivity index (χ1) is 18.9. The summed E-state index contributed by atoms with van der Waals surface area (Å²) in [6.45, 7) is 13.9. The Kier molecular flexibility index (Phi) is 10.4. The van der Waals surface area contributed by atoms with Crippen LogP contribution in [-0.2, 0) is 24.4 Å². The number of aromatic nitrogens is 2. The maximum absolute atomic E-state index is 14.5. The number of hydrogen-bond donors (Lipinski definition) is 1. The number of fused-ring (bicyclic) bond motifs is 1. The number of morpholine rings is 1. The second-order valence-corrected chi connectivity index (χ2v) is 10.7. The minimum Gasteiger partial charge on any atom is -0.379 e. The standard InChI is InChI=1S/C30H41F2N5O2/c1-4-11-37-28-9-6-23(19-33-10-5-12-35-13-15-39-16-14-35)17-27(28)34-29(37)21-36(20-22(2)3)30(38)25-18-24(31)7-8-26(25)32/h6-9,17-18,22,33H,4-5,10-16,19-21H2,1-3H3. The summed E-state index contributed by atoms with van der Waals surface area (Å²) in [7, 11) is 0. The summed E-state index contributed by atoms with van der Waals surface area (Å²) < 4.78 is 35.9. The van der Waals surface area contributed by atoms with Crippen LogP contribution in [0.3, 0.4) is 0 Å². The molecule has 0 radical (unpaired) electrons. The Morgan fingerprint density at radius 3 is 2.67 bits per heavy atom. The highest BCUT2D eigenvalue weighted by Gasteiger charge is 2.24. The van der Waals surface area contributed by atoms with E-state index < -0.39 is 17.5 Å². The van der Waals surface area contributed by atoms with E-state index in [0.717, 1.165) is 106 Å². The fourth-order valence-corrected chi connectivity index (χ4v) is 5.08. The number of aryl methyl sites for hydroxylation is 1. The third kappa shape index (κ3) is 7.84. The van der Waals surface area contributed by atoms with Crippen LogP contribution < -0.4 is 5.32 Å². The van der Waals surface area contributed by atoms with Crippen molar-refractivity contribution in [3.05, 3.63) is 65.0 Å². The predicted molar refractivity (Wildman–Crippen MR) is 150 cm³/mol. The molecule has 1 saturated heterocycles. The lowest BCUT2D eigenvalue weighted by molar-refractivity contribution is 0.0374. The van der Waals surface area contributed by atoms with E-state index in [-0.39, 0.29) is 18.0 Å². The molecular formula is C30H41F2N5O2. The van der Waals surface area contributed by atoms with Crippen LogP contribution >= 0.6 is 0 Å². The van der Waals surface area contributed by atoms with E-state index >= 15 is 0 Å². The fraction of sp³-hybridized carbons (Fsp3) is 0.533. The van der Waals surface area contributed by atoms with Crippen molar-refractivity contribution in [1.82, 2.24) is 24.7 Å². The highest BCUT2D eigenvalue weighted by Crippen LogP contribution is 2.22. The number of nitrogens with one attached hydrogen (secondary N) is 1. The molecule has 0 atom stereocenters. The molecule has 1 amide bonds. The Morgan fingerprint density at radius 2 is 1.92 bits per heavy atom. The van der Waals surface area contributed by atoms with Crippen molar-refractivity contribution in [2.75, 3.05) is 45.9 Å². The molecule has 1 aliphatic rings. The number of ether oxygens (including phenoxy) is 1. The Morgan fingerprint density at radius 1 is 1.13 bits per heavy atom. The quantitative estimate of drug-likeness (QED) is 0.314. The zero-order valence-corrected chi connectivity index (χ0v) is 23.4. The minimum absolute atomic E-state index is 0.149. The molecule has 3 aromatic rings. The summed E-state index contributed by atoms with van der Waals surface area (Å²) in [6, 6.07) is 9.30. The molecule has 9 heteroatoms. The van der Waals surface area contributed by atoms with Crippen molar-refractivity contribution in [2.45, 2.75) is 53.2 Å². The maximum Gasteiger partial charge on any atom is 0.257 e. The summed E-state index contributed by atoms with van der Waals surface area (Å²) in [5, 5.41) is 3.54. The number of hydrogen-bond acceptors (Lipinski definition) is 5. The third-order valence-electron chi connectivity index (χ3n) is 6.96. The molecular weight excluding hydrogens is 500 g/mol. The number of carbonyl (C=O) groups is 1. The maximum atomic E-state index is 14.5. The second kappa shape index (κ2) is 14.0. The SMILES string of the molecule is CCCn1c(CN(CC(C)C)C(=O)c2cc(F)ccc2F)nc2cc(CNCCCN3CCOCC3)ccc21. The van der Waals surface area contributed by atoms with Crippen LogP contribution in [0.2, 0.25) is 0 Å². The van der Waals surface area contributed by atoms with E-state index in [1.807, 2.05) is 13.8 Å². The van der Waals surface area contributed by atoms with Crippen molar-refractivity contribution >= 4 is 16.9 Å². The average molecular weight is 542 g/mol. The molecule has 4 rings (SSSR count). The third-order valence-corrected chi connectivity index (χ3v) is 6.96. The lowest BCUT2D eigenvalue weighted by Gasteiger charge is -2.26. The van der Waals surface area contributed by atoms with Gasteiger partial charge in [0.05, 0.1) is 36.4 Å². The van der Waals surface area contributed by atoms with Gasteiger partial charge in [0.1, 0.15) is 17.5 Å². The summed E-state index contributed by atoms with van der Waals surface area (Å²) in [4.78, 5) is 22.3. The van der Waals surface area contributed by atoms with Crippen molar-refractivity contribution in [3.63, 3.8) is 0 Å². The monoisotopic (exact) mass is 541 g/mol. The Labute approximate surface area is 230 Å². The summed E-state index contributed by atoms with van der Waals surface area (Å²) in [5.41, 5.74) is 2.78. The number of imidazole rings is 1. The van der Waals surface area contributed by atoms with Crippen molar-refractivity contribution < 1.29 is 18.3 Å².